The van der Waals surface area contributed by atoms with E-state index in [1.807, 2.05) is 0 Å². The zero-order chi connectivity index (χ0) is 23.1. The molecule has 0 aliphatic heterocycles. The molecule has 9 nitrogen and oxygen atoms in total. The SMILES string of the molecule is CC(C)(CO)NC(=O)Nc1ccc(-c2nc(N)cc(C3(S(=O)(=O)C4CC4)CCC3)n2)cc1. The molecule has 2 fully saturated rings. The summed E-state index contributed by atoms with van der Waals surface area (Å²) in [5.74, 6) is 0.588. The molecule has 10 heteroatoms. The molecule has 32 heavy (non-hydrogen) atoms. The molecule has 5 N–H and O–H groups in total. The molecule has 4 rings (SSSR count). The van der Waals surface area contributed by atoms with Crippen LogP contribution in [0.2, 0.25) is 0 Å². The number of hydrogen-bond donors (Lipinski definition) is 4. The van der Waals surface area contributed by atoms with Crippen molar-refractivity contribution in [2.24, 2.45) is 0 Å². The number of nitrogens with one attached hydrogen (secondary N) is 2. The monoisotopic (exact) mass is 459 g/mol. The summed E-state index contributed by atoms with van der Waals surface area (Å²) in [6.45, 7) is 3.23. The van der Waals surface area contributed by atoms with E-state index in [-0.39, 0.29) is 17.7 Å². The zero-order valence-electron chi connectivity index (χ0n) is 18.3. The lowest BCUT2D eigenvalue weighted by Crippen LogP contribution is -2.48. The van der Waals surface area contributed by atoms with E-state index >= 15 is 0 Å². The highest BCUT2D eigenvalue weighted by Gasteiger charge is 2.57. The molecule has 0 unspecified atom stereocenters. The lowest BCUT2D eigenvalue weighted by Gasteiger charge is -2.40. The molecule has 1 aromatic carbocycles. The Bertz CT molecular complexity index is 1120. The lowest BCUT2D eigenvalue weighted by molar-refractivity contribution is 0.187. The van der Waals surface area contributed by atoms with Gasteiger partial charge in [-0.25, -0.2) is 23.2 Å². The summed E-state index contributed by atoms with van der Waals surface area (Å²) in [6, 6.07) is 8.05. The van der Waals surface area contributed by atoms with Gasteiger partial charge in [-0.15, -0.1) is 0 Å². The molecule has 1 aromatic heterocycles. The Kier molecular flexibility index (Phi) is 5.62. The van der Waals surface area contributed by atoms with Gasteiger partial charge in [-0.05, 0) is 70.2 Å². The third-order valence-corrected chi connectivity index (χ3v) is 9.19. The minimum Gasteiger partial charge on any atom is -0.394 e. The molecular formula is C22H29N5O4S. The van der Waals surface area contributed by atoms with Crippen molar-refractivity contribution in [1.29, 1.82) is 0 Å². The summed E-state index contributed by atoms with van der Waals surface area (Å²) in [5.41, 5.74) is 7.00. The maximum atomic E-state index is 13.2. The fourth-order valence-electron chi connectivity index (χ4n) is 3.92. The van der Waals surface area contributed by atoms with Crippen LogP contribution in [0.25, 0.3) is 11.4 Å². The van der Waals surface area contributed by atoms with Crippen LogP contribution in [0, 0.1) is 0 Å². The molecule has 1 heterocycles. The zero-order valence-corrected chi connectivity index (χ0v) is 19.1. The number of hydrogen-bond acceptors (Lipinski definition) is 7. The predicted octanol–water partition coefficient (Wildman–Crippen LogP) is 2.57. The normalized spacial score (nSPS) is 18.0. The number of aromatic nitrogens is 2. The van der Waals surface area contributed by atoms with Crippen LogP contribution in [0.4, 0.5) is 16.3 Å². The Morgan fingerprint density at radius 3 is 2.41 bits per heavy atom. The molecule has 2 amide bonds. The minimum atomic E-state index is -3.32. The first kappa shape index (κ1) is 22.5. The molecule has 2 aliphatic carbocycles. The molecule has 0 atom stereocenters. The van der Waals surface area contributed by atoms with Gasteiger partial charge in [0.25, 0.3) is 0 Å². The van der Waals surface area contributed by atoms with Gasteiger partial charge in [0.1, 0.15) is 10.6 Å². The second kappa shape index (κ2) is 8.00. The summed E-state index contributed by atoms with van der Waals surface area (Å²) in [5, 5.41) is 14.4. The predicted molar refractivity (Wildman–Crippen MR) is 123 cm³/mol. The van der Waals surface area contributed by atoms with Crippen LogP contribution in [0.15, 0.2) is 30.3 Å². The van der Waals surface area contributed by atoms with Crippen molar-refractivity contribution >= 4 is 27.4 Å². The maximum absolute atomic E-state index is 13.2. The number of aliphatic hydroxyl groups is 1. The smallest absolute Gasteiger partial charge is 0.319 e. The molecule has 0 spiro atoms. The van der Waals surface area contributed by atoms with Crippen molar-refractivity contribution in [3.63, 3.8) is 0 Å². The highest BCUT2D eigenvalue weighted by molar-refractivity contribution is 7.93. The van der Waals surface area contributed by atoms with E-state index in [1.54, 1.807) is 44.2 Å². The maximum Gasteiger partial charge on any atom is 0.319 e. The number of carbonyl (C=O) groups excluding carboxylic acids is 1. The Morgan fingerprint density at radius 1 is 1.22 bits per heavy atom. The van der Waals surface area contributed by atoms with E-state index in [0.29, 0.717) is 35.6 Å². The topological polar surface area (TPSA) is 147 Å². The Balaban J connectivity index is 1.57. The molecule has 172 valence electrons. The fourth-order valence-corrected chi connectivity index (χ4v) is 6.57. The van der Waals surface area contributed by atoms with Crippen LogP contribution in [0.1, 0.15) is 51.6 Å². The van der Waals surface area contributed by atoms with Gasteiger partial charge in [0.05, 0.1) is 23.1 Å². The number of urea groups is 1. The summed E-state index contributed by atoms with van der Waals surface area (Å²) >= 11 is 0. The van der Waals surface area contributed by atoms with Gasteiger partial charge in [-0.1, -0.05) is 0 Å². The van der Waals surface area contributed by atoms with E-state index in [4.69, 9.17) is 5.73 Å². The summed E-state index contributed by atoms with van der Waals surface area (Å²) in [7, 11) is -3.32. The summed E-state index contributed by atoms with van der Waals surface area (Å²) < 4.78 is 25.4. The number of sulfone groups is 1. The number of nitrogen functional groups attached to an aromatic ring is 1. The van der Waals surface area contributed by atoms with Gasteiger partial charge in [-0.2, -0.15) is 0 Å². The number of amides is 2. The first-order valence-corrected chi connectivity index (χ1v) is 12.3. The van der Waals surface area contributed by atoms with Gasteiger partial charge >= 0.3 is 6.03 Å². The van der Waals surface area contributed by atoms with Gasteiger partial charge < -0.3 is 21.5 Å². The van der Waals surface area contributed by atoms with Crippen LogP contribution in [0.3, 0.4) is 0 Å². The molecule has 0 radical (unpaired) electrons. The first-order valence-electron chi connectivity index (χ1n) is 10.8. The van der Waals surface area contributed by atoms with Gasteiger partial charge in [-0.3, -0.25) is 0 Å². The second-order valence-electron chi connectivity index (χ2n) is 9.29. The van der Waals surface area contributed by atoms with E-state index in [0.717, 1.165) is 19.3 Å². The average molecular weight is 460 g/mol. The van der Waals surface area contributed by atoms with E-state index in [9.17, 15) is 18.3 Å². The summed E-state index contributed by atoms with van der Waals surface area (Å²) in [4.78, 5) is 21.0. The number of aliphatic hydroxyl groups excluding tert-OH is 1. The third kappa shape index (κ3) is 4.16. The van der Waals surface area contributed by atoms with Crippen molar-refractivity contribution in [2.75, 3.05) is 17.7 Å². The standard InChI is InChI=1S/C22H29N5O4S/c1-21(2,13-28)27-20(29)24-15-6-4-14(5-7-15)19-25-17(12-18(23)26-19)22(10-3-11-22)32(30,31)16-8-9-16/h4-7,12,16,28H,3,8-11,13H2,1-2H3,(H2,23,25,26)(H2,24,27,29). The number of nitrogens with zero attached hydrogens (tertiary/aromatic N) is 2. The van der Waals surface area contributed by atoms with Crippen molar-refractivity contribution in [2.45, 2.75) is 61.5 Å². The number of anilines is 2. The van der Waals surface area contributed by atoms with E-state index < -0.39 is 26.2 Å². The van der Waals surface area contributed by atoms with Gasteiger partial charge in [0, 0.05) is 17.3 Å². The highest BCUT2D eigenvalue weighted by atomic mass is 32.2. The van der Waals surface area contributed by atoms with Crippen molar-refractivity contribution in [3.8, 4) is 11.4 Å². The Morgan fingerprint density at radius 2 is 1.88 bits per heavy atom. The number of nitrogens with two attached hydrogens (primary N) is 1. The number of carbonyl (C=O) groups is 1. The average Bonchev–Trinajstić information content (AvgIpc) is 3.52. The van der Waals surface area contributed by atoms with Crippen LogP contribution in [-0.2, 0) is 14.6 Å². The van der Waals surface area contributed by atoms with E-state index in [1.165, 1.54) is 0 Å². The number of benzene rings is 1. The van der Waals surface area contributed by atoms with Crippen LogP contribution < -0.4 is 16.4 Å². The van der Waals surface area contributed by atoms with Gasteiger partial charge in [0.2, 0.25) is 0 Å². The minimum absolute atomic E-state index is 0.188. The molecule has 2 aromatic rings. The fraction of sp³-hybridized carbons (Fsp3) is 0.500. The van der Waals surface area contributed by atoms with Crippen LogP contribution in [0.5, 0.6) is 0 Å². The Hall–Kier alpha value is -2.72. The van der Waals surface area contributed by atoms with Crippen LogP contribution >= 0.6 is 0 Å². The number of rotatable bonds is 7. The second-order valence-corrected chi connectivity index (χ2v) is 11.8. The molecule has 0 saturated heterocycles. The highest BCUT2D eigenvalue weighted by Crippen LogP contribution is 2.53. The Labute approximate surface area is 187 Å². The first-order chi connectivity index (χ1) is 15.1. The third-order valence-electron chi connectivity index (χ3n) is 6.13. The van der Waals surface area contributed by atoms with E-state index in [2.05, 4.69) is 20.6 Å². The quantitative estimate of drug-likeness (QED) is 0.497. The molecule has 2 saturated carbocycles. The van der Waals surface area contributed by atoms with Crippen LogP contribution in [-0.4, -0.2) is 46.9 Å². The molecular weight excluding hydrogens is 430 g/mol. The van der Waals surface area contributed by atoms with Gasteiger partial charge in [0.15, 0.2) is 15.7 Å². The largest absolute Gasteiger partial charge is 0.394 e. The van der Waals surface area contributed by atoms with Crippen molar-refractivity contribution in [1.82, 2.24) is 15.3 Å². The van der Waals surface area contributed by atoms with Crippen molar-refractivity contribution in [3.05, 3.63) is 36.0 Å². The lowest BCUT2D eigenvalue weighted by atomic mass is 9.81. The molecule has 2 aliphatic rings. The molecule has 0 bridgehead atoms. The van der Waals surface area contributed by atoms with Crippen molar-refractivity contribution < 1.29 is 18.3 Å². The summed E-state index contributed by atoms with van der Waals surface area (Å²) in [6.07, 6.45) is 3.40.